The van der Waals surface area contributed by atoms with Crippen molar-refractivity contribution in [3.05, 3.63) is 4.91 Å². The summed E-state index contributed by atoms with van der Waals surface area (Å²) in [7, 11) is 0. The number of hydrogen-bond donors (Lipinski definition) is 0. The Morgan fingerprint density at radius 1 is 1.37 bits per heavy atom. The first-order valence-electron chi connectivity index (χ1n) is 7.12. The molecule has 1 saturated heterocycles. The molecule has 0 amide bonds. The molecule has 5 nitrogen and oxygen atoms in total. The van der Waals surface area contributed by atoms with Crippen molar-refractivity contribution >= 4 is 11.8 Å². The van der Waals surface area contributed by atoms with Gasteiger partial charge in [0.1, 0.15) is 12.2 Å². The van der Waals surface area contributed by atoms with Crippen molar-refractivity contribution in [2.24, 2.45) is 5.29 Å². The van der Waals surface area contributed by atoms with E-state index in [1.54, 1.807) is 16.8 Å². The second-order valence-electron chi connectivity index (χ2n) is 5.40. The predicted molar refractivity (Wildman–Crippen MR) is 77.2 cm³/mol. The average Bonchev–Trinajstić information content (AvgIpc) is 2.75. The van der Waals surface area contributed by atoms with Crippen molar-refractivity contribution in [1.29, 1.82) is 5.26 Å². The van der Waals surface area contributed by atoms with Crippen molar-refractivity contribution in [3.8, 4) is 6.07 Å². The lowest BCUT2D eigenvalue weighted by molar-refractivity contribution is 0.0244. The van der Waals surface area contributed by atoms with E-state index in [1.807, 2.05) is 6.92 Å². The topological polar surface area (TPSA) is 59.7 Å². The van der Waals surface area contributed by atoms with Crippen molar-refractivity contribution in [3.63, 3.8) is 0 Å². The molecule has 2 fully saturated rings. The average molecular weight is 282 g/mol. The van der Waals surface area contributed by atoms with E-state index >= 15 is 0 Å². The summed E-state index contributed by atoms with van der Waals surface area (Å²) < 4.78 is 0. The van der Waals surface area contributed by atoms with Crippen LogP contribution in [-0.2, 0) is 0 Å². The normalized spacial score (nSPS) is 27.5. The van der Waals surface area contributed by atoms with Crippen LogP contribution in [0.4, 0.5) is 0 Å². The highest BCUT2D eigenvalue weighted by Crippen LogP contribution is 2.29. The fourth-order valence-corrected chi connectivity index (χ4v) is 4.25. The maximum absolute atomic E-state index is 11.3. The lowest BCUT2D eigenvalue weighted by Gasteiger charge is -2.36. The summed E-state index contributed by atoms with van der Waals surface area (Å²) in [4.78, 5) is 13.4. The quantitative estimate of drug-likeness (QED) is 0.451. The molecule has 2 atom stereocenters. The third-order valence-electron chi connectivity index (χ3n) is 4.22. The summed E-state index contributed by atoms with van der Waals surface area (Å²) in [6.45, 7) is 2.00. The van der Waals surface area contributed by atoms with Crippen LogP contribution in [-0.4, -0.2) is 39.8 Å². The molecule has 19 heavy (non-hydrogen) atoms. The van der Waals surface area contributed by atoms with E-state index in [0.29, 0.717) is 0 Å². The molecule has 0 radical (unpaired) electrons. The van der Waals surface area contributed by atoms with Gasteiger partial charge in [-0.3, -0.25) is 4.90 Å². The molecule has 0 aromatic rings. The van der Waals surface area contributed by atoms with Crippen LogP contribution in [0.1, 0.15) is 45.4 Å². The minimum atomic E-state index is -0.0879. The number of hydrogen-bond acceptors (Lipinski definition) is 5. The number of nitroso groups, excluding NO2 is 1. The Morgan fingerprint density at radius 3 is 2.63 bits per heavy atom. The number of rotatable bonds is 4. The Hall–Kier alpha value is -0.800. The molecular formula is C13H22N4OS. The van der Waals surface area contributed by atoms with Gasteiger partial charge in [-0.1, -0.05) is 25.7 Å². The summed E-state index contributed by atoms with van der Waals surface area (Å²) in [6.07, 6.45) is 6.92. The Kier molecular flexibility index (Phi) is 5.46. The standard InChI is InChI=1S/C13H22N4OS/c1-11(16-10-19-9-13(16)8-14)17(15-18)12-6-4-2-3-5-7-12/h11-13H,2-7,9-10H2,1H3. The third kappa shape index (κ3) is 3.40. The van der Waals surface area contributed by atoms with Crippen LogP contribution in [0.25, 0.3) is 0 Å². The highest BCUT2D eigenvalue weighted by atomic mass is 32.2. The van der Waals surface area contributed by atoms with E-state index in [1.165, 1.54) is 25.7 Å². The first-order valence-corrected chi connectivity index (χ1v) is 8.28. The molecule has 106 valence electrons. The van der Waals surface area contributed by atoms with Gasteiger partial charge in [0.2, 0.25) is 0 Å². The van der Waals surface area contributed by atoms with Gasteiger partial charge < -0.3 is 0 Å². The summed E-state index contributed by atoms with van der Waals surface area (Å²) in [6, 6.07) is 2.49. The smallest absolute Gasteiger partial charge is 0.109 e. The van der Waals surface area contributed by atoms with Crippen LogP contribution in [0.2, 0.25) is 0 Å². The summed E-state index contributed by atoms with van der Waals surface area (Å²) in [5.74, 6) is 1.65. The Morgan fingerprint density at radius 2 is 2.05 bits per heavy atom. The molecule has 0 N–H and O–H groups in total. The molecule has 6 heteroatoms. The second-order valence-corrected chi connectivity index (χ2v) is 6.40. The van der Waals surface area contributed by atoms with E-state index in [2.05, 4.69) is 16.3 Å². The zero-order valence-electron chi connectivity index (χ0n) is 11.5. The minimum absolute atomic E-state index is 0.0692. The minimum Gasteiger partial charge on any atom is -0.256 e. The summed E-state index contributed by atoms with van der Waals surface area (Å²) >= 11 is 1.75. The van der Waals surface area contributed by atoms with Crippen LogP contribution in [0.15, 0.2) is 5.29 Å². The zero-order valence-corrected chi connectivity index (χ0v) is 12.3. The number of nitrogens with zero attached hydrogens (tertiary/aromatic N) is 4. The van der Waals surface area contributed by atoms with Gasteiger partial charge in [0.05, 0.1) is 17.4 Å². The molecule has 0 aromatic carbocycles. The van der Waals surface area contributed by atoms with E-state index in [-0.39, 0.29) is 18.2 Å². The van der Waals surface area contributed by atoms with E-state index in [4.69, 9.17) is 5.26 Å². The Labute approximate surface area is 119 Å². The molecule has 1 saturated carbocycles. The van der Waals surface area contributed by atoms with Crippen molar-refractivity contribution in [2.75, 3.05) is 11.6 Å². The molecule has 0 spiro atoms. The van der Waals surface area contributed by atoms with Gasteiger partial charge in [-0.05, 0) is 19.8 Å². The second kappa shape index (κ2) is 7.11. The van der Waals surface area contributed by atoms with Gasteiger partial charge in [0.25, 0.3) is 0 Å². The molecule has 1 aliphatic carbocycles. The maximum atomic E-state index is 11.3. The molecule has 1 heterocycles. The fraction of sp³-hybridized carbons (Fsp3) is 0.923. The van der Waals surface area contributed by atoms with Crippen LogP contribution < -0.4 is 0 Å². The van der Waals surface area contributed by atoms with Crippen LogP contribution >= 0.6 is 11.8 Å². The van der Waals surface area contributed by atoms with Crippen molar-refractivity contribution in [2.45, 2.75) is 63.7 Å². The number of thioether (sulfide) groups is 1. The Balaban J connectivity index is 2.03. The molecular weight excluding hydrogens is 260 g/mol. The van der Waals surface area contributed by atoms with E-state index < -0.39 is 0 Å². The molecule has 2 unspecified atom stereocenters. The summed E-state index contributed by atoms with van der Waals surface area (Å²) in [5, 5.41) is 14.2. The van der Waals surface area contributed by atoms with E-state index in [0.717, 1.165) is 24.5 Å². The van der Waals surface area contributed by atoms with E-state index in [9.17, 15) is 4.91 Å². The van der Waals surface area contributed by atoms with Gasteiger partial charge >= 0.3 is 0 Å². The monoisotopic (exact) mass is 282 g/mol. The predicted octanol–water partition coefficient (Wildman–Crippen LogP) is 2.94. The summed E-state index contributed by atoms with van der Waals surface area (Å²) in [5.41, 5.74) is 0. The SMILES string of the molecule is CC(N1CSCC1C#N)N(N=O)C1CCCCCC1. The number of nitriles is 1. The van der Waals surface area contributed by atoms with Crippen molar-refractivity contribution < 1.29 is 0 Å². The van der Waals surface area contributed by atoms with Crippen LogP contribution in [0, 0.1) is 16.2 Å². The van der Waals surface area contributed by atoms with Gasteiger partial charge in [0.15, 0.2) is 0 Å². The first kappa shape index (κ1) is 14.6. The fourth-order valence-electron chi connectivity index (χ4n) is 3.05. The van der Waals surface area contributed by atoms with Crippen LogP contribution in [0.3, 0.4) is 0 Å². The molecule has 0 aromatic heterocycles. The van der Waals surface area contributed by atoms with Gasteiger partial charge in [-0.15, -0.1) is 16.7 Å². The highest BCUT2D eigenvalue weighted by molar-refractivity contribution is 7.99. The molecule has 2 rings (SSSR count). The van der Waals surface area contributed by atoms with Gasteiger partial charge in [0, 0.05) is 11.6 Å². The zero-order chi connectivity index (χ0) is 13.7. The lowest BCUT2D eigenvalue weighted by Crippen LogP contribution is -2.50. The molecule has 0 bridgehead atoms. The largest absolute Gasteiger partial charge is 0.256 e. The molecule has 2 aliphatic rings. The van der Waals surface area contributed by atoms with Gasteiger partial charge in [-0.2, -0.15) is 5.26 Å². The van der Waals surface area contributed by atoms with Crippen LogP contribution in [0.5, 0.6) is 0 Å². The highest BCUT2D eigenvalue weighted by Gasteiger charge is 2.35. The Bertz CT molecular complexity index is 338. The first-order chi connectivity index (χ1) is 9.27. The molecule has 1 aliphatic heterocycles. The lowest BCUT2D eigenvalue weighted by atomic mass is 10.1. The maximum Gasteiger partial charge on any atom is 0.109 e. The van der Waals surface area contributed by atoms with Crippen molar-refractivity contribution in [1.82, 2.24) is 9.91 Å². The van der Waals surface area contributed by atoms with Gasteiger partial charge in [-0.25, -0.2) is 5.01 Å². The third-order valence-corrected chi connectivity index (χ3v) is 5.25.